The molecule has 14 heavy (non-hydrogen) atoms. The lowest BCUT2D eigenvalue weighted by molar-refractivity contribution is -0.403. The standard InChI is InChI=1S/C11H24O3/c1-7(2)10(8(3)4,9(5)6)11(12,13)14/h7-9,12-14H,1-6H3. The molecule has 0 rings (SSSR count). The summed E-state index contributed by atoms with van der Waals surface area (Å²) in [5.74, 6) is -2.66. The highest BCUT2D eigenvalue weighted by molar-refractivity contribution is 4.93. The molecular formula is C11H24O3. The van der Waals surface area contributed by atoms with Crippen LogP contribution in [0.1, 0.15) is 41.5 Å². The summed E-state index contributed by atoms with van der Waals surface area (Å²) in [6.45, 7) is 11.4. The van der Waals surface area contributed by atoms with Gasteiger partial charge in [0, 0.05) is 0 Å². The number of hydrogen-bond acceptors (Lipinski definition) is 3. The van der Waals surface area contributed by atoms with Crippen molar-refractivity contribution in [2.24, 2.45) is 23.2 Å². The van der Waals surface area contributed by atoms with Crippen molar-refractivity contribution in [1.29, 1.82) is 0 Å². The Hall–Kier alpha value is -0.120. The van der Waals surface area contributed by atoms with Crippen LogP contribution < -0.4 is 0 Å². The molecule has 0 atom stereocenters. The van der Waals surface area contributed by atoms with Crippen molar-refractivity contribution < 1.29 is 15.3 Å². The van der Waals surface area contributed by atoms with E-state index in [9.17, 15) is 15.3 Å². The minimum absolute atomic E-state index is 0.0116. The molecule has 0 aliphatic rings. The normalized spacial score (nSPS) is 14.6. The van der Waals surface area contributed by atoms with Crippen molar-refractivity contribution in [2.45, 2.75) is 47.5 Å². The predicted molar refractivity (Wildman–Crippen MR) is 56.3 cm³/mol. The molecule has 3 nitrogen and oxygen atoms in total. The zero-order valence-electron chi connectivity index (χ0n) is 10.1. The Bertz CT molecular complexity index is 156. The Morgan fingerprint density at radius 1 is 0.643 bits per heavy atom. The topological polar surface area (TPSA) is 60.7 Å². The molecule has 0 unspecified atom stereocenters. The van der Waals surface area contributed by atoms with Crippen LogP contribution in [0.5, 0.6) is 0 Å². The highest BCUT2D eigenvalue weighted by Crippen LogP contribution is 2.48. The molecule has 0 aliphatic carbocycles. The molecule has 0 aromatic heterocycles. The summed E-state index contributed by atoms with van der Waals surface area (Å²) in [5.41, 5.74) is -0.896. The maximum absolute atomic E-state index is 9.55. The van der Waals surface area contributed by atoms with E-state index in [0.717, 1.165) is 0 Å². The molecule has 86 valence electrons. The van der Waals surface area contributed by atoms with Gasteiger partial charge in [0.25, 0.3) is 5.97 Å². The van der Waals surface area contributed by atoms with Gasteiger partial charge in [0.1, 0.15) is 0 Å². The summed E-state index contributed by atoms with van der Waals surface area (Å²) >= 11 is 0. The van der Waals surface area contributed by atoms with Gasteiger partial charge in [0.15, 0.2) is 0 Å². The first kappa shape index (κ1) is 13.9. The van der Waals surface area contributed by atoms with Crippen molar-refractivity contribution in [1.82, 2.24) is 0 Å². The molecule has 0 aromatic rings. The molecule has 0 saturated heterocycles. The summed E-state index contributed by atoms with van der Waals surface area (Å²) in [6.07, 6.45) is 0. The number of hydrogen-bond donors (Lipinski definition) is 3. The lowest BCUT2D eigenvalue weighted by Crippen LogP contribution is -2.57. The van der Waals surface area contributed by atoms with Crippen LogP contribution in [0, 0.1) is 23.2 Å². The Kier molecular flexibility index (Phi) is 4.13. The van der Waals surface area contributed by atoms with E-state index in [1.54, 1.807) is 0 Å². The fourth-order valence-corrected chi connectivity index (χ4v) is 3.16. The Balaban J connectivity index is 5.40. The SMILES string of the molecule is CC(C)C(C(C)C)(C(C)C)C(O)(O)O. The van der Waals surface area contributed by atoms with Gasteiger partial charge >= 0.3 is 0 Å². The first-order valence-corrected chi connectivity index (χ1v) is 5.25. The smallest absolute Gasteiger partial charge is 0.282 e. The molecule has 0 aromatic carbocycles. The van der Waals surface area contributed by atoms with E-state index in [1.807, 2.05) is 41.5 Å². The third kappa shape index (κ3) is 1.95. The van der Waals surface area contributed by atoms with Crippen LogP contribution in [0.3, 0.4) is 0 Å². The molecule has 0 aliphatic heterocycles. The molecule has 3 N–H and O–H groups in total. The summed E-state index contributed by atoms with van der Waals surface area (Å²) < 4.78 is 0. The minimum atomic E-state index is -2.62. The summed E-state index contributed by atoms with van der Waals surface area (Å²) in [4.78, 5) is 0. The van der Waals surface area contributed by atoms with Gasteiger partial charge in [-0.15, -0.1) is 0 Å². The lowest BCUT2D eigenvalue weighted by Gasteiger charge is -2.49. The first-order valence-electron chi connectivity index (χ1n) is 5.25. The monoisotopic (exact) mass is 204 g/mol. The minimum Gasteiger partial charge on any atom is -0.343 e. The molecule has 0 amide bonds. The molecule has 0 spiro atoms. The molecular weight excluding hydrogens is 180 g/mol. The second-order valence-corrected chi connectivity index (χ2v) is 5.03. The van der Waals surface area contributed by atoms with Crippen LogP contribution in [0.4, 0.5) is 0 Å². The summed E-state index contributed by atoms with van der Waals surface area (Å²) in [6, 6.07) is 0. The zero-order chi connectivity index (χ0) is 11.7. The van der Waals surface area contributed by atoms with Crippen molar-refractivity contribution >= 4 is 0 Å². The van der Waals surface area contributed by atoms with Gasteiger partial charge in [-0.1, -0.05) is 41.5 Å². The third-order valence-electron chi connectivity index (χ3n) is 3.45. The fourth-order valence-electron chi connectivity index (χ4n) is 3.16. The average Bonchev–Trinajstić information content (AvgIpc) is 1.79. The molecule has 0 radical (unpaired) electrons. The Morgan fingerprint density at radius 3 is 0.857 bits per heavy atom. The van der Waals surface area contributed by atoms with Gasteiger partial charge < -0.3 is 15.3 Å². The quantitative estimate of drug-likeness (QED) is 0.609. The molecule has 0 bridgehead atoms. The van der Waals surface area contributed by atoms with Crippen molar-refractivity contribution in [3.63, 3.8) is 0 Å². The average molecular weight is 204 g/mol. The van der Waals surface area contributed by atoms with E-state index >= 15 is 0 Å². The molecule has 0 fully saturated rings. The van der Waals surface area contributed by atoms with Gasteiger partial charge in [0.2, 0.25) is 0 Å². The van der Waals surface area contributed by atoms with Gasteiger partial charge in [0.05, 0.1) is 5.41 Å². The predicted octanol–water partition coefficient (Wildman–Crippen LogP) is 1.57. The second-order valence-electron chi connectivity index (χ2n) is 5.03. The van der Waals surface area contributed by atoms with E-state index < -0.39 is 11.4 Å². The Labute approximate surface area is 86.8 Å². The van der Waals surface area contributed by atoms with E-state index in [1.165, 1.54) is 0 Å². The van der Waals surface area contributed by atoms with E-state index in [2.05, 4.69) is 0 Å². The highest BCUT2D eigenvalue weighted by atomic mass is 16.7. The van der Waals surface area contributed by atoms with Crippen LogP contribution in [-0.2, 0) is 0 Å². The summed E-state index contributed by atoms with van der Waals surface area (Å²) in [5, 5.41) is 28.7. The first-order chi connectivity index (χ1) is 6.08. The number of aliphatic hydroxyl groups is 3. The van der Waals surface area contributed by atoms with Crippen molar-refractivity contribution in [3.05, 3.63) is 0 Å². The van der Waals surface area contributed by atoms with Gasteiger partial charge in [-0.3, -0.25) is 0 Å². The Morgan fingerprint density at radius 2 is 0.857 bits per heavy atom. The van der Waals surface area contributed by atoms with Crippen LogP contribution in [0.2, 0.25) is 0 Å². The molecule has 0 saturated carbocycles. The maximum Gasteiger partial charge on any atom is 0.282 e. The third-order valence-corrected chi connectivity index (χ3v) is 3.45. The van der Waals surface area contributed by atoms with Crippen LogP contribution in [0.25, 0.3) is 0 Å². The van der Waals surface area contributed by atoms with Crippen molar-refractivity contribution in [2.75, 3.05) is 0 Å². The van der Waals surface area contributed by atoms with Crippen LogP contribution >= 0.6 is 0 Å². The molecule has 3 heteroatoms. The second kappa shape index (κ2) is 4.17. The van der Waals surface area contributed by atoms with E-state index in [-0.39, 0.29) is 17.8 Å². The van der Waals surface area contributed by atoms with Crippen molar-refractivity contribution in [3.8, 4) is 0 Å². The number of rotatable bonds is 4. The summed E-state index contributed by atoms with van der Waals surface area (Å²) in [7, 11) is 0. The maximum atomic E-state index is 9.55. The van der Waals surface area contributed by atoms with E-state index in [0.29, 0.717) is 0 Å². The van der Waals surface area contributed by atoms with Gasteiger partial charge in [-0.05, 0) is 17.8 Å². The van der Waals surface area contributed by atoms with Crippen LogP contribution in [0.15, 0.2) is 0 Å². The van der Waals surface area contributed by atoms with E-state index in [4.69, 9.17) is 0 Å². The van der Waals surface area contributed by atoms with Gasteiger partial charge in [-0.25, -0.2) is 0 Å². The zero-order valence-corrected chi connectivity index (χ0v) is 10.1. The van der Waals surface area contributed by atoms with Gasteiger partial charge in [-0.2, -0.15) is 0 Å². The molecule has 0 heterocycles. The largest absolute Gasteiger partial charge is 0.343 e. The highest BCUT2D eigenvalue weighted by Gasteiger charge is 2.55. The van der Waals surface area contributed by atoms with Crippen LogP contribution in [-0.4, -0.2) is 21.3 Å². The fraction of sp³-hybridized carbons (Fsp3) is 1.00. The lowest BCUT2D eigenvalue weighted by atomic mass is 9.60.